The summed E-state index contributed by atoms with van der Waals surface area (Å²) in [4.78, 5) is 18.9. The Hall–Kier alpha value is -2.15. The maximum absolute atomic E-state index is 12.9. The highest BCUT2D eigenvalue weighted by molar-refractivity contribution is 7.99. The summed E-state index contributed by atoms with van der Waals surface area (Å²) in [7, 11) is 0. The Kier molecular flexibility index (Phi) is 6.82. The quantitative estimate of drug-likeness (QED) is 0.820. The molecule has 2 aromatic rings. The number of amides is 1. The molecule has 0 unspecified atom stereocenters. The first kappa shape index (κ1) is 18.6. The van der Waals surface area contributed by atoms with E-state index in [0.717, 1.165) is 11.3 Å². The van der Waals surface area contributed by atoms with Gasteiger partial charge in [0.1, 0.15) is 5.03 Å². The van der Waals surface area contributed by atoms with Crippen molar-refractivity contribution < 1.29 is 14.6 Å². The lowest BCUT2D eigenvalue weighted by Gasteiger charge is -2.22. The molecule has 136 valence electrons. The van der Waals surface area contributed by atoms with Crippen LogP contribution in [0.1, 0.15) is 15.9 Å². The first-order valence-electron chi connectivity index (χ1n) is 8.58. The van der Waals surface area contributed by atoms with Crippen molar-refractivity contribution in [3.63, 3.8) is 0 Å². The minimum absolute atomic E-state index is 0.114. The van der Waals surface area contributed by atoms with E-state index in [4.69, 9.17) is 4.74 Å². The number of hydrogen-bond acceptors (Lipinski definition) is 5. The zero-order chi connectivity index (χ0) is 18.2. The zero-order valence-electron chi connectivity index (χ0n) is 14.5. The number of nitrogens with zero attached hydrogens (tertiary/aromatic N) is 2. The smallest absolute Gasteiger partial charge is 0.256 e. The second-order valence-corrected chi connectivity index (χ2v) is 6.97. The van der Waals surface area contributed by atoms with E-state index < -0.39 is 6.10 Å². The molecule has 1 amide bonds. The Morgan fingerprint density at radius 2 is 2.15 bits per heavy atom. The molecular formula is C20H22N2O3S. The molecule has 1 saturated heterocycles. The van der Waals surface area contributed by atoms with Gasteiger partial charge in [-0.2, -0.15) is 0 Å². The highest BCUT2D eigenvalue weighted by Gasteiger charge is 2.24. The molecule has 5 nitrogen and oxygen atoms in total. The number of pyridine rings is 1. The van der Waals surface area contributed by atoms with Crippen molar-refractivity contribution in [3.05, 3.63) is 65.9 Å². The van der Waals surface area contributed by atoms with Crippen molar-refractivity contribution >= 4 is 23.7 Å². The molecule has 1 N–H and O–H groups in total. The van der Waals surface area contributed by atoms with Gasteiger partial charge in [-0.15, -0.1) is 11.8 Å². The minimum atomic E-state index is -0.650. The lowest BCUT2D eigenvalue weighted by atomic mass is 10.2. The number of β-amino-alcohol motifs (C(OH)–C–C–N with tert-alkyl or cyclic N) is 1. The van der Waals surface area contributed by atoms with Gasteiger partial charge in [-0.1, -0.05) is 42.5 Å². The van der Waals surface area contributed by atoms with Gasteiger partial charge in [0.2, 0.25) is 0 Å². The van der Waals surface area contributed by atoms with Crippen molar-refractivity contribution in [1.82, 2.24) is 9.88 Å². The van der Waals surface area contributed by atoms with Gasteiger partial charge in [0.25, 0.3) is 5.91 Å². The molecule has 0 bridgehead atoms. The van der Waals surface area contributed by atoms with E-state index >= 15 is 0 Å². The van der Waals surface area contributed by atoms with Crippen molar-refractivity contribution in [1.29, 1.82) is 0 Å². The van der Waals surface area contributed by atoms with E-state index in [1.54, 1.807) is 23.2 Å². The summed E-state index contributed by atoms with van der Waals surface area (Å²) in [6, 6.07) is 13.6. The number of carbonyl (C=O) groups excluding carboxylic acids is 1. The summed E-state index contributed by atoms with van der Waals surface area (Å²) in [6.45, 7) is 1.46. The summed E-state index contributed by atoms with van der Waals surface area (Å²) in [5, 5.41) is 10.6. The van der Waals surface area contributed by atoms with E-state index in [1.165, 1.54) is 11.8 Å². The summed E-state index contributed by atoms with van der Waals surface area (Å²) in [6.07, 6.45) is 5.16. The maximum atomic E-state index is 12.9. The molecule has 0 spiro atoms. The Balaban J connectivity index is 1.65. The molecule has 0 saturated carbocycles. The third-order valence-electron chi connectivity index (χ3n) is 3.96. The number of aliphatic hydroxyl groups is 1. The number of benzene rings is 1. The van der Waals surface area contributed by atoms with Crippen LogP contribution in [0.2, 0.25) is 0 Å². The molecule has 1 aliphatic rings. The Morgan fingerprint density at radius 3 is 3.00 bits per heavy atom. The fraction of sp³-hybridized carbons (Fsp3) is 0.300. The number of ether oxygens (including phenoxy) is 1. The topological polar surface area (TPSA) is 62.7 Å². The van der Waals surface area contributed by atoms with E-state index in [-0.39, 0.29) is 19.1 Å². The molecule has 6 heteroatoms. The van der Waals surface area contributed by atoms with Crippen LogP contribution in [0.15, 0.2) is 59.8 Å². The summed E-state index contributed by atoms with van der Waals surface area (Å²) < 4.78 is 5.30. The fourth-order valence-corrected chi connectivity index (χ4v) is 3.49. The lowest BCUT2D eigenvalue weighted by Crippen LogP contribution is -2.38. The third kappa shape index (κ3) is 5.17. The van der Waals surface area contributed by atoms with Crippen LogP contribution in [0, 0.1) is 0 Å². The maximum Gasteiger partial charge on any atom is 0.256 e. The molecule has 1 aromatic carbocycles. The van der Waals surface area contributed by atoms with E-state index in [1.807, 2.05) is 30.3 Å². The average molecular weight is 370 g/mol. The molecule has 26 heavy (non-hydrogen) atoms. The monoisotopic (exact) mass is 370 g/mol. The van der Waals surface area contributed by atoms with Gasteiger partial charge in [0.05, 0.1) is 24.9 Å². The van der Waals surface area contributed by atoms with Crippen LogP contribution >= 0.6 is 11.8 Å². The van der Waals surface area contributed by atoms with Crippen LogP contribution in [0.25, 0.3) is 6.08 Å². The van der Waals surface area contributed by atoms with Crippen LogP contribution < -0.4 is 0 Å². The molecule has 3 rings (SSSR count). The van der Waals surface area contributed by atoms with E-state index in [2.05, 4.69) is 17.1 Å². The largest absolute Gasteiger partial charge is 0.389 e. The van der Waals surface area contributed by atoms with Crippen LogP contribution in [0.4, 0.5) is 0 Å². The minimum Gasteiger partial charge on any atom is -0.389 e. The van der Waals surface area contributed by atoms with Gasteiger partial charge < -0.3 is 14.7 Å². The van der Waals surface area contributed by atoms with E-state index in [0.29, 0.717) is 23.7 Å². The molecule has 1 aliphatic heterocycles. The van der Waals surface area contributed by atoms with Crippen LogP contribution in [0.3, 0.4) is 0 Å². The van der Waals surface area contributed by atoms with Gasteiger partial charge in [0.15, 0.2) is 0 Å². The summed E-state index contributed by atoms with van der Waals surface area (Å²) in [5.74, 6) is 0.606. The van der Waals surface area contributed by atoms with Gasteiger partial charge in [-0.25, -0.2) is 4.98 Å². The second-order valence-electron chi connectivity index (χ2n) is 5.96. The number of aliphatic hydroxyl groups excluding tert-OH is 1. The van der Waals surface area contributed by atoms with Crippen molar-refractivity contribution in [2.75, 3.05) is 32.1 Å². The van der Waals surface area contributed by atoms with Crippen LogP contribution in [0.5, 0.6) is 0 Å². The first-order chi connectivity index (χ1) is 12.7. The fourth-order valence-electron chi connectivity index (χ4n) is 2.69. The summed E-state index contributed by atoms with van der Waals surface area (Å²) in [5.41, 5.74) is 1.71. The second kappa shape index (κ2) is 9.52. The molecule has 2 heterocycles. The van der Waals surface area contributed by atoms with Crippen molar-refractivity contribution in [2.24, 2.45) is 0 Å². The summed E-state index contributed by atoms with van der Waals surface area (Å²) >= 11 is 1.53. The number of thioether (sulfide) groups is 1. The number of aromatic nitrogens is 1. The number of hydrogen-bond donors (Lipinski definition) is 1. The third-order valence-corrected chi connectivity index (χ3v) is 4.92. The highest BCUT2D eigenvalue weighted by atomic mass is 32.2. The first-order valence-corrected chi connectivity index (χ1v) is 9.57. The standard InChI is InChI=1S/C20H22N2O3S/c23-17-14-22(11-12-25-15-17)20(24)18-9-4-10-21-19(18)26-13-5-8-16-6-2-1-3-7-16/h1-10,17,23H,11-15H2/b8-5+/t17-/m1/s1. The Labute approximate surface area is 157 Å². The molecule has 0 aliphatic carbocycles. The molecule has 1 aromatic heterocycles. The van der Waals surface area contributed by atoms with Gasteiger partial charge in [-0.05, 0) is 17.7 Å². The number of rotatable bonds is 5. The molecule has 0 radical (unpaired) electrons. The molecular weight excluding hydrogens is 348 g/mol. The van der Waals surface area contributed by atoms with Gasteiger partial charge in [0, 0.05) is 25.0 Å². The SMILES string of the molecule is O=C(c1cccnc1SC/C=C/c1ccccc1)N1CCOC[C@H](O)C1. The Morgan fingerprint density at radius 1 is 1.31 bits per heavy atom. The van der Waals surface area contributed by atoms with Crippen LogP contribution in [-0.4, -0.2) is 59.1 Å². The highest BCUT2D eigenvalue weighted by Crippen LogP contribution is 2.22. The average Bonchev–Trinajstić information content (AvgIpc) is 2.90. The lowest BCUT2D eigenvalue weighted by molar-refractivity contribution is 0.0533. The van der Waals surface area contributed by atoms with Crippen molar-refractivity contribution in [3.8, 4) is 0 Å². The van der Waals surface area contributed by atoms with Gasteiger partial charge in [-0.3, -0.25) is 4.79 Å². The van der Waals surface area contributed by atoms with Gasteiger partial charge >= 0.3 is 0 Å². The normalized spacial score (nSPS) is 18.0. The molecule has 1 atom stereocenters. The molecule has 1 fully saturated rings. The predicted octanol–water partition coefficient (Wildman–Crippen LogP) is 2.72. The Bertz CT molecular complexity index is 752. The van der Waals surface area contributed by atoms with Crippen LogP contribution in [-0.2, 0) is 4.74 Å². The number of carbonyl (C=O) groups is 1. The zero-order valence-corrected chi connectivity index (χ0v) is 15.3. The van der Waals surface area contributed by atoms with E-state index in [9.17, 15) is 9.90 Å². The predicted molar refractivity (Wildman–Crippen MR) is 103 cm³/mol. The van der Waals surface area contributed by atoms with Crippen molar-refractivity contribution in [2.45, 2.75) is 11.1 Å².